The summed E-state index contributed by atoms with van der Waals surface area (Å²) < 4.78 is 10.3. The van der Waals surface area contributed by atoms with E-state index in [1.54, 1.807) is 13.4 Å². The maximum Gasteiger partial charge on any atom is 0.273 e. The van der Waals surface area contributed by atoms with Crippen LogP contribution in [0.1, 0.15) is 22.6 Å². The van der Waals surface area contributed by atoms with Crippen molar-refractivity contribution in [2.75, 3.05) is 25.1 Å². The van der Waals surface area contributed by atoms with Crippen LogP contribution in [-0.2, 0) is 4.74 Å². The summed E-state index contributed by atoms with van der Waals surface area (Å²) in [7, 11) is 1.70. The number of hydrogen-bond donors (Lipinski definition) is 1. The van der Waals surface area contributed by atoms with E-state index in [1.807, 2.05) is 13.0 Å². The quantitative estimate of drug-likeness (QED) is 0.871. The van der Waals surface area contributed by atoms with Crippen molar-refractivity contribution in [3.63, 3.8) is 0 Å². The molecule has 8 nitrogen and oxygen atoms in total. The zero-order valence-electron chi connectivity index (χ0n) is 13.1. The van der Waals surface area contributed by atoms with Gasteiger partial charge in [0.2, 0.25) is 0 Å². The summed E-state index contributed by atoms with van der Waals surface area (Å²) >= 11 is 0. The van der Waals surface area contributed by atoms with Gasteiger partial charge in [-0.3, -0.25) is 4.79 Å². The van der Waals surface area contributed by atoms with Crippen LogP contribution < -0.4 is 10.2 Å². The second-order valence-corrected chi connectivity index (χ2v) is 5.50. The Morgan fingerprint density at radius 3 is 3.04 bits per heavy atom. The normalized spacial score (nSPS) is 20.7. The third-order valence-electron chi connectivity index (χ3n) is 3.96. The maximum atomic E-state index is 12.0. The first-order chi connectivity index (χ1) is 11.2. The van der Waals surface area contributed by atoms with Crippen molar-refractivity contribution in [1.82, 2.24) is 20.3 Å². The summed E-state index contributed by atoms with van der Waals surface area (Å²) in [6.45, 7) is 3.14. The van der Waals surface area contributed by atoms with Crippen LogP contribution in [0.25, 0.3) is 0 Å². The van der Waals surface area contributed by atoms with Gasteiger partial charge in [-0.2, -0.15) is 0 Å². The van der Waals surface area contributed by atoms with Crippen LogP contribution in [0.4, 0.5) is 5.82 Å². The molecule has 1 aliphatic heterocycles. The Bertz CT molecular complexity index is 661. The highest BCUT2D eigenvalue weighted by molar-refractivity contribution is 5.91. The van der Waals surface area contributed by atoms with E-state index in [4.69, 9.17) is 9.15 Å². The molecule has 0 spiro atoms. The topological polar surface area (TPSA) is 93.4 Å². The van der Waals surface area contributed by atoms with E-state index in [0.717, 1.165) is 24.5 Å². The van der Waals surface area contributed by atoms with Gasteiger partial charge in [-0.25, -0.2) is 15.0 Å². The van der Waals surface area contributed by atoms with Gasteiger partial charge < -0.3 is 19.4 Å². The molecule has 0 saturated carbocycles. The highest BCUT2D eigenvalue weighted by atomic mass is 16.5. The number of nitrogens with one attached hydrogen (secondary N) is 1. The first kappa shape index (κ1) is 15.4. The van der Waals surface area contributed by atoms with Crippen LogP contribution in [0.15, 0.2) is 29.5 Å². The van der Waals surface area contributed by atoms with Crippen molar-refractivity contribution in [2.45, 2.75) is 25.5 Å². The minimum atomic E-state index is -0.251. The van der Waals surface area contributed by atoms with E-state index >= 15 is 0 Å². The monoisotopic (exact) mass is 317 g/mol. The number of amides is 1. The molecule has 3 rings (SSSR count). The highest BCUT2D eigenvalue weighted by Crippen LogP contribution is 2.25. The molecular formula is C15H19N5O3. The molecule has 1 saturated heterocycles. The van der Waals surface area contributed by atoms with Gasteiger partial charge in [0.1, 0.15) is 18.4 Å². The number of aryl methyl sites for hydroxylation is 1. The SMILES string of the molecule is CO[C@H]1C[C@@H](CNC(=O)c2cocn2)N(c2cc(C)ncn2)C1. The van der Waals surface area contributed by atoms with Crippen molar-refractivity contribution in [3.8, 4) is 0 Å². The molecule has 2 aromatic rings. The van der Waals surface area contributed by atoms with E-state index in [1.165, 1.54) is 12.7 Å². The Hall–Kier alpha value is -2.48. The Morgan fingerprint density at radius 2 is 2.35 bits per heavy atom. The van der Waals surface area contributed by atoms with Crippen molar-refractivity contribution in [2.24, 2.45) is 0 Å². The largest absolute Gasteiger partial charge is 0.451 e. The van der Waals surface area contributed by atoms with Crippen molar-refractivity contribution >= 4 is 11.7 Å². The standard InChI is InChI=1S/C15H19N5O3/c1-10-3-14(18-8-17-10)20-6-12(22-2)4-11(20)5-16-15(21)13-7-23-9-19-13/h3,7-9,11-12H,4-6H2,1-2H3,(H,16,21)/t11-,12-/m0/s1. The molecule has 1 fully saturated rings. The molecule has 0 aliphatic carbocycles. The molecule has 0 aromatic carbocycles. The molecule has 8 heteroatoms. The molecule has 0 bridgehead atoms. The first-order valence-electron chi connectivity index (χ1n) is 7.42. The zero-order chi connectivity index (χ0) is 16.2. The number of ether oxygens (including phenoxy) is 1. The van der Waals surface area contributed by atoms with Gasteiger partial charge in [0.05, 0.1) is 12.1 Å². The number of nitrogens with zero attached hydrogens (tertiary/aromatic N) is 4. The second-order valence-electron chi connectivity index (χ2n) is 5.50. The lowest BCUT2D eigenvalue weighted by atomic mass is 10.2. The maximum absolute atomic E-state index is 12.0. The van der Waals surface area contributed by atoms with Crippen LogP contribution in [0.5, 0.6) is 0 Å². The summed E-state index contributed by atoms with van der Waals surface area (Å²) in [5, 5.41) is 2.88. The number of aromatic nitrogens is 3. The molecule has 2 aromatic heterocycles. The Morgan fingerprint density at radius 1 is 1.48 bits per heavy atom. The minimum Gasteiger partial charge on any atom is -0.451 e. The molecular weight excluding hydrogens is 298 g/mol. The predicted octanol–water partition coefficient (Wildman–Crippen LogP) is 0.797. The van der Waals surface area contributed by atoms with Crippen molar-refractivity contribution in [1.29, 1.82) is 0 Å². The zero-order valence-corrected chi connectivity index (χ0v) is 13.1. The van der Waals surface area contributed by atoms with E-state index < -0.39 is 0 Å². The Kier molecular flexibility index (Phi) is 4.52. The number of hydrogen-bond acceptors (Lipinski definition) is 7. The van der Waals surface area contributed by atoms with Gasteiger partial charge in [-0.05, 0) is 13.3 Å². The average Bonchev–Trinajstić information content (AvgIpc) is 3.22. The van der Waals surface area contributed by atoms with Gasteiger partial charge in [0.15, 0.2) is 12.1 Å². The van der Waals surface area contributed by atoms with Crippen molar-refractivity contribution in [3.05, 3.63) is 36.4 Å². The molecule has 1 N–H and O–H groups in total. The van der Waals surface area contributed by atoms with Crippen LogP contribution in [0.2, 0.25) is 0 Å². The third-order valence-corrected chi connectivity index (χ3v) is 3.96. The summed E-state index contributed by atoms with van der Waals surface area (Å²) in [6.07, 6.45) is 5.04. The molecule has 3 heterocycles. The Labute approximate surface area is 133 Å². The lowest BCUT2D eigenvalue weighted by Gasteiger charge is -2.25. The van der Waals surface area contributed by atoms with Crippen LogP contribution >= 0.6 is 0 Å². The highest BCUT2D eigenvalue weighted by Gasteiger charge is 2.33. The number of rotatable bonds is 5. The number of carbonyl (C=O) groups is 1. The van der Waals surface area contributed by atoms with Gasteiger partial charge >= 0.3 is 0 Å². The number of anilines is 1. The fourth-order valence-corrected chi connectivity index (χ4v) is 2.74. The Balaban J connectivity index is 1.69. The van der Waals surface area contributed by atoms with E-state index in [-0.39, 0.29) is 23.7 Å². The van der Waals surface area contributed by atoms with Gasteiger partial charge in [-0.1, -0.05) is 0 Å². The lowest BCUT2D eigenvalue weighted by molar-refractivity contribution is 0.0941. The molecule has 1 amide bonds. The number of carbonyl (C=O) groups excluding carboxylic acids is 1. The number of oxazole rings is 1. The molecule has 0 radical (unpaired) electrons. The summed E-state index contributed by atoms with van der Waals surface area (Å²) in [6, 6.07) is 2.04. The van der Waals surface area contributed by atoms with Crippen LogP contribution in [0.3, 0.4) is 0 Å². The lowest BCUT2D eigenvalue weighted by Crippen LogP contribution is -2.40. The second kappa shape index (κ2) is 6.74. The average molecular weight is 317 g/mol. The van der Waals surface area contributed by atoms with Crippen LogP contribution in [-0.4, -0.2) is 53.2 Å². The van der Waals surface area contributed by atoms with Crippen LogP contribution in [0, 0.1) is 6.92 Å². The van der Waals surface area contributed by atoms with Gasteiger partial charge in [0.25, 0.3) is 5.91 Å². The van der Waals surface area contributed by atoms with Crippen molar-refractivity contribution < 1.29 is 13.9 Å². The minimum absolute atomic E-state index is 0.102. The van der Waals surface area contributed by atoms with Gasteiger partial charge in [0, 0.05) is 32.0 Å². The molecule has 1 aliphatic rings. The molecule has 0 unspecified atom stereocenters. The summed E-state index contributed by atoms with van der Waals surface area (Å²) in [5.41, 5.74) is 1.18. The molecule has 2 atom stereocenters. The van der Waals surface area contributed by atoms with E-state index in [0.29, 0.717) is 6.54 Å². The van der Waals surface area contributed by atoms with E-state index in [2.05, 4.69) is 25.2 Å². The third kappa shape index (κ3) is 3.48. The predicted molar refractivity (Wildman–Crippen MR) is 82.2 cm³/mol. The molecule has 23 heavy (non-hydrogen) atoms. The van der Waals surface area contributed by atoms with Gasteiger partial charge in [-0.15, -0.1) is 0 Å². The van der Waals surface area contributed by atoms with E-state index in [9.17, 15) is 4.79 Å². The first-order valence-corrected chi connectivity index (χ1v) is 7.42. The fourth-order valence-electron chi connectivity index (χ4n) is 2.74. The summed E-state index contributed by atoms with van der Waals surface area (Å²) in [4.78, 5) is 26.5. The fraction of sp³-hybridized carbons (Fsp3) is 0.467. The summed E-state index contributed by atoms with van der Waals surface area (Å²) in [5.74, 6) is 0.594. The smallest absolute Gasteiger partial charge is 0.273 e. The molecule has 122 valence electrons. The number of methoxy groups -OCH3 is 1.